The number of carbonyl (C=O) groups is 2. The summed E-state index contributed by atoms with van der Waals surface area (Å²) in [5.74, 6) is -1.52. The van der Waals surface area contributed by atoms with Gasteiger partial charge in [-0.25, -0.2) is 0 Å². The number of hydrogen-bond acceptors (Lipinski definition) is 3. The number of carboxylic acid groups (broad SMARTS) is 1. The molecule has 1 aromatic carbocycles. The molecule has 2 N–H and O–H groups in total. The first-order chi connectivity index (χ1) is 11.4. The summed E-state index contributed by atoms with van der Waals surface area (Å²) >= 11 is 0. The van der Waals surface area contributed by atoms with Crippen LogP contribution in [0.15, 0.2) is 30.3 Å². The Morgan fingerprint density at radius 1 is 1.04 bits per heavy atom. The fraction of sp³-hybridized carbons (Fsp3) is 0.579. The molecule has 5 heteroatoms. The second kappa shape index (κ2) is 13.5. The zero-order valence-corrected chi connectivity index (χ0v) is 15.4. The average Bonchev–Trinajstić information content (AvgIpc) is 2.52. The van der Waals surface area contributed by atoms with Gasteiger partial charge in [-0.3, -0.25) is 4.79 Å². The molecule has 1 aromatic rings. The van der Waals surface area contributed by atoms with E-state index < -0.39 is 12.0 Å². The number of nitrogens with one attached hydrogen (secondary N) is 2. The largest absolute Gasteiger partial charge is 0.548 e. The first-order valence-electron chi connectivity index (χ1n) is 8.70. The van der Waals surface area contributed by atoms with Gasteiger partial charge < -0.3 is 20.1 Å². The van der Waals surface area contributed by atoms with E-state index in [0.29, 0.717) is 12.0 Å². The van der Waals surface area contributed by atoms with Crippen molar-refractivity contribution in [1.29, 1.82) is 0 Å². The van der Waals surface area contributed by atoms with Gasteiger partial charge >= 0.3 is 0 Å². The summed E-state index contributed by atoms with van der Waals surface area (Å²) in [6, 6.07) is 7.54. The summed E-state index contributed by atoms with van der Waals surface area (Å²) in [7, 11) is 6.25. The van der Waals surface area contributed by atoms with E-state index in [0.717, 1.165) is 25.7 Å². The van der Waals surface area contributed by atoms with Gasteiger partial charge in [0.05, 0.1) is 33.2 Å². The third kappa shape index (κ3) is 11.7. The van der Waals surface area contributed by atoms with Crippen molar-refractivity contribution in [3.8, 4) is 0 Å². The summed E-state index contributed by atoms with van der Waals surface area (Å²) in [4.78, 5) is 24.3. The minimum atomic E-state index is -1.28. The molecule has 0 bridgehead atoms. The van der Waals surface area contributed by atoms with Crippen molar-refractivity contribution < 1.29 is 19.6 Å². The number of amides is 1. The maximum Gasteiger partial charge on any atom is 0.220 e. The van der Waals surface area contributed by atoms with Gasteiger partial charge in [-0.05, 0) is 12.0 Å². The van der Waals surface area contributed by atoms with Crippen molar-refractivity contribution in [3.05, 3.63) is 35.9 Å². The minimum Gasteiger partial charge on any atom is -0.548 e. The molecule has 0 fully saturated rings. The fourth-order valence-electron chi connectivity index (χ4n) is 2.05. The fourth-order valence-corrected chi connectivity index (χ4v) is 2.05. The maximum absolute atomic E-state index is 11.8. The van der Waals surface area contributed by atoms with E-state index in [1.165, 1.54) is 11.3 Å². The van der Waals surface area contributed by atoms with Crippen molar-refractivity contribution >= 4 is 11.9 Å². The Morgan fingerprint density at radius 3 is 2.08 bits per heavy atom. The SMILES string of the molecule is CCCCCCCC(=O)N[C@H](C(=O)[O-])c1ccccc1.C[NH+](C)C. The van der Waals surface area contributed by atoms with Crippen LogP contribution in [0.2, 0.25) is 0 Å². The number of hydrogen-bond donors (Lipinski definition) is 2. The Balaban J connectivity index is 0.00000118. The number of unbranched alkanes of at least 4 members (excludes halogenated alkanes) is 4. The smallest absolute Gasteiger partial charge is 0.220 e. The molecular formula is C19H32N2O3. The molecule has 0 heterocycles. The van der Waals surface area contributed by atoms with Crippen LogP contribution in [-0.2, 0) is 9.59 Å². The zero-order chi connectivity index (χ0) is 18.4. The van der Waals surface area contributed by atoms with Crippen LogP contribution in [0, 0.1) is 0 Å². The lowest BCUT2D eigenvalue weighted by molar-refractivity contribution is -0.836. The normalized spacial score (nSPS) is 11.4. The van der Waals surface area contributed by atoms with Gasteiger partial charge in [-0.2, -0.15) is 0 Å². The molecule has 0 saturated carbocycles. The van der Waals surface area contributed by atoms with E-state index in [-0.39, 0.29) is 5.91 Å². The maximum atomic E-state index is 11.8. The molecule has 0 aliphatic carbocycles. The lowest BCUT2D eigenvalue weighted by Crippen LogP contribution is -3.02. The third-order valence-corrected chi connectivity index (χ3v) is 3.18. The Hall–Kier alpha value is -1.88. The standard InChI is InChI=1S/C16H23NO3.C3H9N/c1-2-3-4-5-9-12-14(18)17-15(16(19)20)13-10-7-6-8-11-13;1-4(2)3/h6-8,10-11,15H,2-5,9,12H2,1H3,(H,17,18)(H,19,20);1-3H3/t15-;/m0./s1. The molecule has 0 radical (unpaired) electrons. The van der Waals surface area contributed by atoms with Crippen molar-refractivity contribution in [2.75, 3.05) is 21.1 Å². The summed E-state index contributed by atoms with van der Waals surface area (Å²) in [5.41, 5.74) is 0.534. The summed E-state index contributed by atoms with van der Waals surface area (Å²) in [6.45, 7) is 2.14. The molecule has 5 nitrogen and oxygen atoms in total. The first-order valence-corrected chi connectivity index (χ1v) is 8.70. The number of rotatable bonds is 9. The summed E-state index contributed by atoms with van der Waals surface area (Å²) in [6.07, 6.45) is 5.61. The van der Waals surface area contributed by atoms with Gasteiger partial charge in [0.1, 0.15) is 0 Å². The molecule has 24 heavy (non-hydrogen) atoms. The van der Waals surface area contributed by atoms with E-state index in [1.54, 1.807) is 30.3 Å². The molecule has 0 unspecified atom stereocenters. The van der Waals surface area contributed by atoms with E-state index in [1.807, 2.05) is 0 Å². The lowest BCUT2D eigenvalue weighted by Gasteiger charge is -2.20. The molecule has 0 saturated heterocycles. The van der Waals surface area contributed by atoms with Crippen molar-refractivity contribution in [3.63, 3.8) is 0 Å². The van der Waals surface area contributed by atoms with Crippen molar-refractivity contribution in [2.45, 2.75) is 51.5 Å². The number of aliphatic carboxylic acids is 1. The topological polar surface area (TPSA) is 73.7 Å². The van der Waals surface area contributed by atoms with Gasteiger partial charge in [0.15, 0.2) is 0 Å². The summed E-state index contributed by atoms with van der Waals surface area (Å²) in [5, 5.41) is 13.6. The Kier molecular flexibility index (Phi) is 12.5. The Morgan fingerprint density at radius 2 is 1.58 bits per heavy atom. The number of benzene rings is 1. The van der Waals surface area contributed by atoms with Crippen LogP contribution in [0.1, 0.15) is 57.1 Å². The van der Waals surface area contributed by atoms with E-state index in [2.05, 4.69) is 33.4 Å². The van der Waals surface area contributed by atoms with Crippen LogP contribution < -0.4 is 15.3 Å². The highest BCUT2D eigenvalue weighted by Gasteiger charge is 2.14. The molecular weight excluding hydrogens is 304 g/mol. The van der Waals surface area contributed by atoms with Crippen LogP contribution in [0.3, 0.4) is 0 Å². The number of carbonyl (C=O) groups excluding carboxylic acids is 2. The Bertz CT molecular complexity index is 458. The lowest BCUT2D eigenvalue weighted by atomic mass is 10.1. The van der Waals surface area contributed by atoms with Gasteiger partial charge in [0.25, 0.3) is 0 Å². The monoisotopic (exact) mass is 336 g/mol. The number of quaternary nitrogens is 1. The van der Waals surface area contributed by atoms with E-state index in [4.69, 9.17) is 0 Å². The third-order valence-electron chi connectivity index (χ3n) is 3.18. The zero-order valence-electron chi connectivity index (χ0n) is 15.4. The van der Waals surface area contributed by atoms with Crippen molar-refractivity contribution in [1.82, 2.24) is 5.32 Å². The van der Waals surface area contributed by atoms with Gasteiger partial charge in [0.2, 0.25) is 5.91 Å². The van der Waals surface area contributed by atoms with E-state index >= 15 is 0 Å². The first kappa shape index (κ1) is 22.1. The van der Waals surface area contributed by atoms with E-state index in [9.17, 15) is 14.7 Å². The van der Waals surface area contributed by atoms with Crippen LogP contribution in [0.25, 0.3) is 0 Å². The minimum absolute atomic E-state index is 0.237. The van der Waals surface area contributed by atoms with Crippen molar-refractivity contribution in [2.24, 2.45) is 0 Å². The van der Waals surface area contributed by atoms with Crippen LogP contribution in [0.5, 0.6) is 0 Å². The molecule has 0 aromatic heterocycles. The van der Waals surface area contributed by atoms with Crippen LogP contribution in [0.4, 0.5) is 0 Å². The molecule has 0 spiro atoms. The summed E-state index contributed by atoms with van der Waals surface area (Å²) < 4.78 is 0. The predicted molar refractivity (Wildman–Crippen MR) is 94.4 cm³/mol. The molecule has 0 aliphatic heterocycles. The second-order valence-corrected chi connectivity index (χ2v) is 6.39. The average molecular weight is 336 g/mol. The van der Waals surface area contributed by atoms with Gasteiger partial charge in [-0.1, -0.05) is 62.9 Å². The Labute approximate surface area is 146 Å². The molecule has 136 valence electrons. The number of carboxylic acids is 1. The molecule has 1 atom stereocenters. The van der Waals surface area contributed by atoms with Crippen LogP contribution in [-0.4, -0.2) is 33.0 Å². The molecule has 1 amide bonds. The van der Waals surface area contributed by atoms with Gasteiger partial charge in [0, 0.05) is 6.42 Å². The highest BCUT2D eigenvalue weighted by Crippen LogP contribution is 2.12. The predicted octanol–water partition coefficient (Wildman–Crippen LogP) is 0.715. The molecule has 0 aliphatic rings. The van der Waals surface area contributed by atoms with Crippen LogP contribution >= 0.6 is 0 Å². The quantitative estimate of drug-likeness (QED) is 0.653. The highest BCUT2D eigenvalue weighted by atomic mass is 16.4. The second-order valence-electron chi connectivity index (χ2n) is 6.39. The van der Waals surface area contributed by atoms with Gasteiger partial charge in [-0.15, -0.1) is 0 Å². The highest BCUT2D eigenvalue weighted by molar-refractivity contribution is 5.83. The molecule has 1 rings (SSSR count).